The van der Waals surface area contributed by atoms with E-state index >= 15 is 0 Å². The van der Waals surface area contributed by atoms with E-state index in [0.29, 0.717) is 0 Å². The van der Waals surface area contributed by atoms with Crippen LogP contribution in [0.1, 0.15) is 0 Å². The van der Waals surface area contributed by atoms with Gasteiger partial charge in [-0.2, -0.15) is 0 Å². The van der Waals surface area contributed by atoms with Gasteiger partial charge in [-0.05, 0) is 0 Å². The van der Waals surface area contributed by atoms with Crippen molar-refractivity contribution in [1.29, 1.82) is 0 Å². The van der Waals surface area contributed by atoms with Crippen LogP contribution >= 0.6 is 0 Å². The summed E-state index contributed by atoms with van der Waals surface area (Å²) in [5.74, 6) is 0. The van der Waals surface area contributed by atoms with Crippen LogP contribution in [0, 0.1) is 0 Å². The second kappa shape index (κ2) is 18.2. The zero-order valence-electron chi connectivity index (χ0n) is 1.26. The van der Waals surface area contributed by atoms with Crippen LogP contribution in [0.25, 0.3) is 0 Å². The van der Waals surface area contributed by atoms with Crippen molar-refractivity contribution in [3.8, 4) is 0 Å². The van der Waals surface area contributed by atoms with Crippen molar-refractivity contribution in [2.24, 2.45) is 0 Å². The maximum absolute atomic E-state index is 0. The minimum atomic E-state index is 0. The Bertz CT molecular complexity index is 6.00. The number of halogens is 2. The van der Waals surface area contributed by atoms with Crippen molar-refractivity contribution < 1.29 is 24.8 Å². The van der Waals surface area contributed by atoms with Gasteiger partial charge < -0.3 is 24.8 Å². The van der Waals surface area contributed by atoms with Crippen molar-refractivity contribution in [3.63, 3.8) is 0 Å². The summed E-state index contributed by atoms with van der Waals surface area (Å²) in [4.78, 5) is 0. The van der Waals surface area contributed by atoms with E-state index in [1.807, 2.05) is 0 Å². The molecule has 0 saturated heterocycles. The van der Waals surface area contributed by atoms with E-state index < -0.39 is 0 Å². The predicted octanol–water partition coefficient (Wildman–Crippen LogP) is -7.02. The van der Waals surface area contributed by atoms with E-state index in [1.165, 1.54) is 0 Å². The molecule has 0 heterocycles. The van der Waals surface area contributed by atoms with Crippen molar-refractivity contribution >= 4 is 53.5 Å². The molecule has 0 spiro atoms. The Morgan fingerprint density at radius 1 is 0.750 bits per heavy atom. The summed E-state index contributed by atoms with van der Waals surface area (Å²) in [5, 5.41) is 0. The summed E-state index contributed by atoms with van der Waals surface area (Å²) in [6.07, 6.45) is 0. The zero-order valence-corrected chi connectivity index (χ0v) is 5.62. The molecule has 4 heteroatoms. The van der Waals surface area contributed by atoms with Crippen LogP contribution in [0.3, 0.4) is 0 Å². The molecule has 20 valence electrons. The molecule has 0 fully saturated rings. The third kappa shape index (κ3) is 8.83. The van der Waals surface area contributed by atoms with Gasteiger partial charge in [0.15, 0.2) is 0 Å². The Hall–Kier alpha value is 2.38. The average molecular weight is 214 g/mol. The summed E-state index contributed by atoms with van der Waals surface area (Å²) >= 11 is 0. The van der Waals surface area contributed by atoms with Gasteiger partial charge >= 0.3 is 53.5 Å². The Balaban J connectivity index is 0. The first kappa shape index (κ1) is 32.6. The molecule has 0 aliphatic carbocycles. The fraction of sp³-hybridized carbons (Fsp3) is 0. The van der Waals surface area contributed by atoms with Gasteiger partial charge in [0, 0.05) is 0 Å². The Kier molecular flexibility index (Phi) is 149. The van der Waals surface area contributed by atoms with E-state index in [4.69, 9.17) is 0 Å². The number of hydrogen-bond acceptors (Lipinski definition) is 0. The molecule has 0 aromatic rings. The van der Waals surface area contributed by atoms with Gasteiger partial charge in [0.2, 0.25) is 0 Å². The van der Waals surface area contributed by atoms with Crippen molar-refractivity contribution in [1.82, 2.24) is 0 Å². The summed E-state index contributed by atoms with van der Waals surface area (Å²) < 4.78 is 0. The van der Waals surface area contributed by atoms with Crippen LogP contribution < -0.4 is 24.8 Å². The first-order valence-corrected chi connectivity index (χ1v) is 0. The van der Waals surface area contributed by atoms with Gasteiger partial charge in [-0.1, -0.05) is 0 Å². The maximum Gasteiger partial charge on any atom is 2.00 e. The SMILES string of the molecule is [Cl-].[Cl-].[NaH].[Sn+2]. The summed E-state index contributed by atoms with van der Waals surface area (Å²) in [5.41, 5.74) is 0. The predicted molar refractivity (Wildman–Crippen MR) is 12.9 cm³/mol. The number of rotatable bonds is 0. The first-order chi connectivity index (χ1) is 0. The standard InChI is InChI=1S/2ClH.Na.Sn.H/h2*1H;;;/q;;;+2;/p-2. The second-order valence-corrected chi connectivity index (χ2v) is 0. The molecule has 2 radical (unpaired) electrons. The third-order valence-electron chi connectivity index (χ3n) is 0. The molecule has 4 heavy (non-hydrogen) atoms. The molecule has 0 N–H and O–H groups in total. The molecule has 0 aliphatic rings. The Morgan fingerprint density at radius 2 is 0.750 bits per heavy atom. The molecular weight excluding hydrogens is 213 g/mol. The Labute approximate surface area is 77.2 Å². The topological polar surface area (TPSA) is 0 Å². The second-order valence-electron chi connectivity index (χ2n) is 0. The van der Waals surface area contributed by atoms with Gasteiger partial charge in [0.1, 0.15) is 0 Å². The molecule has 0 nitrogen and oxygen atoms in total. The molecule has 0 amide bonds. The molecule has 0 aliphatic heterocycles. The molecule has 0 unspecified atom stereocenters. The van der Waals surface area contributed by atoms with Gasteiger partial charge in [0.05, 0.1) is 0 Å². The normalized spacial score (nSPS) is 0. The zero-order chi connectivity index (χ0) is 0. The van der Waals surface area contributed by atoms with Gasteiger partial charge in [-0.25, -0.2) is 0 Å². The first-order valence-electron chi connectivity index (χ1n) is 0. The summed E-state index contributed by atoms with van der Waals surface area (Å²) in [6.45, 7) is 0. The van der Waals surface area contributed by atoms with Gasteiger partial charge in [-0.15, -0.1) is 0 Å². The molecule has 0 bridgehead atoms. The quantitative estimate of drug-likeness (QED) is 0.351. The van der Waals surface area contributed by atoms with Crippen LogP contribution in [0.4, 0.5) is 0 Å². The monoisotopic (exact) mass is 214 g/mol. The minimum absolute atomic E-state index is 0. The molecular formula is HCl2NaSn. The number of hydrogen-bond donors (Lipinski definition) is 0. The average Bonchev–Trinajstić information content (AvgIpc) is 0. The van der Waals surface area contributed by atoms with Crippen LogP contribution in [0.5, 0.6) is 0 Å². The van der Waals surface area contributed by atoms with E-state index in [9.17, 15) is 0 Å². The van der Waals surface area contributed by atoms with Crippen LogP contribution in [-0.2, 0) is 0 Å². The van der Waals surface area contributed by atoms with Gasteiger partial charge in [-0.3, -0.25) is 0 Å². The summed E-state index contributed by atoms with van der Waals surface area (Å²) in [6, 6.07) is 0. The van der Waals surface area contributed by atoms with Crippen molar-refractivity contribution in [2.45, 2.75) is 0 Å². The summed E-state index contributed by atoms with van der Waals surface area (Å²) in [7, 11) is 0. The van der Waals surface area contributed by atoms with Gasteiger partial charge in [0.25, 0.3) is 0 Å². The maximum atomic E-state index is 0. The molecule has 0 rings (SSSR count). The Morgan fingerprint density at radius 3 is 0.750 bits per heavy atom. The third-order valence-corrected chi connectivity index (χ3v) is 0. The largest absolute Gasteiger partial charge is 2.00 e. The van der Waals surface area contributed by atoms with Crippen LogP contribution in [0.15, 0.2) is 0 Å². The van der Waals surface area contributed by atoms with E-state index in [0.717, 1.165) is 0 Å². The fourth-order valence-electron chi connectivity index (χ4n) is 0. The van der Waals surface area contributed by atoms with Crippen LogP contribution in [-0.4, -0.2) is 53.5 Å². The van der Waals surface area contributed by atoms with Crippen molar-refractivity contribution in [3.05, 3.63) is 0 Å². The van der Waals surface area contributed by atoms with E-state index in [1.54, 1.807) is 0 Å². The molecule has 0 aromatic heterocycles. The minimum Gasteiger partial charge on any atom is 2.00 e. The smallest absolute Gasteiger partial charge is 2.00 e. The molecule has 0 saturated carbocycles. The molecule has 0 atom stereocenters. The molecule has 0 aromatic carbocycles. The van der Waals surface area contributed by atoms with Crippen molar-refractivity contribution in [2.75, 3.05) is 0 Å². The van der Waals surface area contributed by atoms with E-state index in [2.05, 4.69) is 0 Å². The van der Waals surface area contributed by atoms with Crippen LogP contribution in [0.2, 0.25) is 0 Å². The van der Waals surface area contributed by atoms with E-state index in [-0.39, 0.29) is 78.3 Å². The fourth-order valence-corrected chi connectivity index (χ4v) is 0.